The number of nitrogens with two attached hydrogens (primary N) is 1. The molecule has 1 unspecified atom stereocenters. The predicted molar refractivity (Wildman–Crippen MR) is 82.9 cm³/mol. The summed E-state index contributed by atoms with van der Waals surface area (Å²) < 4.78 is 14.8. The Morgan fingerprint density at radius 3 is 2.86 bits per heavy atom. The Morgan fingerprint density at radius 1 is 1.29 bits per heavy atom. The van der Waals surface area contributed by atoms with Crippen molar-refractivity contribution in [3.05, 3.63) is 51.9 Å². The van der Waals surface area contributed by atoms with Crippen LogP contribution in [-0.4, -0.2) is 21.6 Å². The van der Waals surface area contributed by atoms with E-state index in [0.29, 0.717) is 17.9 Å². The van der Waals surface area contributed by atoms with Crippen molar-refractivity contribution in [2.45, 2.75) is 25.4 Å². The van der Waals surface area contributed by atoms with Crippen molar-refractivity contribution in [2.75, 3.05) is 12.3 Å². The molecule has 0 spiro atoms. The van der Waals surface area contributed by atoms with E-state index in [0.717, 1.165) is 29.6 Å². The first-order valence-electron chi connectivity index (χ1n) is 6.91. The number of nitrogens with zero attached hydrogens (tertiary/aromatic N) is 3. The van der Waals surface area contributed by atoms with E-state index >= 15 is 0 Å². The second-order valence-electron chi connectivity index (χ2n) is 5.21. The van der Waals surface area contributed by atoms with Gasteiger partial charge in [-0.25, -0.2) is 4.39 Å². The molecule has 1 aliphatic heterocycles. The lowest BCUT2D eigenvalue weighted by Crippen LogP contribution is -2.24. The summed E-state index contributed by atoms with van der Waals surface area (Å²) in [7, 11) is 0. The summed E-state index contributed by atoms with van der Waals surface area (Å²) in [6.45, 7) is 1.49. The maximum absolute atomic E-state index is 14.0. The summed E-state index contributed by atoms with van der Waals surface area (Å²) in [5.74, 6) is 0.235. The second-order valence-corrected chi connectivity index (χ2v) is 6.07. The first-order valence-corrected chi connectivity index (χ1v) is 7.70. The van der Waals surface area contributed by atoms with Crippen molar-refractivity contribution in [1.29, 1.82) is 0 Å². The summed E-state index contributed by atoms with van der Waals surface area (Å²) >= 11 is 3.43. The van der Waals surface area contributed by atoms with Gasteiger partial charge in [-0.05, 0) is 43.7 Å². The normalized spacial score (nSPS) is 19.0. The Kier molecular flexibility index (Phi) is 4.17. The summed E-state index contributed by atoms with van der Waals surface area (Å²) in [5.41, 5.74) is 7.17. The molecule has 2 aromatic rings. The van der Waals surface area contributed by atoms with Gasteiger partial charge in [-0.2, -0.15) is 5.10 Å². The molecule has 4 nitrogen and oxygen atoms in total. The van der Waals surface area contributed by atoms with Crippen molar-refractivity contribution in [3.8, 4) is 0 Å². The van der Waals surface area contributed by atoms with Crippen molar-refractivity contribution < 1.29 is 4.39 Å². The summed E-state index contributed by atoms with van der Waals surface area (Å²) in [5, 5.41) is 8.09. The Balaban J connectivity index is 1.83. The Bertz CT molecular complexity index is 612. The van der Waals surface area contributed by atoms with Crippen LogP contribution in [0.3, 0.4) is 0 Å². The van der Waals surface area contributed by atoms with E-state index < -0.39 is 0 Å². The average Bonchev–Trinajstić information content (AvgIpc) is 2.92. The largest absolute Gasteiger partial charge is 0.382 e. The number of aromatic nitrogens is 2. The van der Waals surface area contributed by atoms with Crippen molar-refractivity contribution >= 4 is 21.7 Å². The van der Waals surface area contributed by atoms with Gasteiger partial charge in [-0.3, -0.25) is 4.90 Å². The van der Waals surface area contributed by atoms with Gasteiger partial charge in [-0.15, -0.1) is 5.10 Å². The Hall–Kier alpha value is -1.53. The zero-order chi connectivity index (χ0) is 14.8. The minimum absolute atomic E-state index is 0.171. The molecule has 0 saturated carbocycles. The number of rotatable bonds is 3. The minimum atomic E-state index is -0.182. The quantitative estimate of drug-likeness (QED) is 0.922. The Labute approximate surface area is 131 Å². The fourth-order valence-corrected chi connectivity index (χ4v) is 3.23. The number of nitrogen functional groups attached to an aromatic ring is 1. The van der Waals surface area contributed by atoms with Gasteiger partial charge in [-0.1, -0.05) is 22.0 Å². The lowest BCUT2D eigenvalue weighted by Gasteiger charge is -2.24. The smallest absolute Gasteiger partial charge is 0.146 e. The van der Waals surface area contributed by atoms with Crippen LogP contribution in [0.2, 0.25) is 0 Å². The van der Waals surface area contributed by atoms with Crippen LogP contribution >= 0.6 is 15.9 Å². The highest BCUT2D eigenvalue weighted by Crippen LogP contribution is 2.33. The molecule has 1 aromatic carbocycles. The maximum atomic E-state index is 14.0. The lowest BCUT2D eigenvalue weighted by atomic mass is 10.1. The SMILES string of the molecule is Nc1ccc(C2CCCN2Cc2c(F)cccc2Br)nn1. The molecule has 2 N–H and O–H groups in total. The van der Waals surface area contributed by atoms with Gasteiger partial charge in [0.2, 0.25) is 0 Å². The summed E-state index contributed by atoms with van der Waals surface area (Å²) in [6.07, 6.45) is 2.08. The molecule has 2 heterocycles. The first-order chi connectivity index (χ1) is 10.1. The van der Waals surface area contributed by atoms with Crippen molar-refractivity contribution in [3.63, 3.8) is 0 Å². The molecule has 1 aromatic heterocycles. The zero-order valence-corrected chi connectivity index (χ0v) is 13.1. The third-order valence-corrected chi connectivity index (χ3v) is 4.58. The molecule has 21 heavy (non-hydrogen) atoms. The molecule has 1 saturated heterocycles. The second kappa shape index (κ2) is 6.07. The van der Waals surface area contributed by atoms with Crippen molar-refractivity contribution in [1.82, 2.24) is 15.1 Å². The zero-order valence-electron chi connectivity index (χ0n) is 11.5. The molecule has 0 amide bonds. The van der Waals surface area contributed by atoms with Gasteiger partial charge in [0.05, 0.1) is 11.7 Å². The molecule has 0 radical (unpaired) electrons. The minimum Gasteiger partial charge on any atom is -0.382 e. The number of anilines is 1. The number of likely N-dealkylation sites (tertiary alicyclic amines) is 1. The van der Waals surface area contributed by atoms with E-state index in [2.05, 4.69) is 31.0 Å². The van der Waals surface area contributed by atoms with Crippen LogP contribution < -0.4 is 5.73 Å². The molecule has 110 valence electrons. The molecule has 1 fully saturated rings. The van der Waals surface area contributed by atoms with Gasteiger partial charge in [0.1, 0.15) is 11.6 Å². The molecule has 1 atom stereocenters. The van der Waals surface area contributed by atoms with Crippen LogP contribution in [-0.2, 0) is 6.54 Å². The van der Waals surface area contributed by atoms with Crippen LogP contribution in [0.25, 0.3) is 0 Å². The van der Waals surface area contributed by atoms with Crippen LogP contribution in [0.5, 0.6) is 0 Å². The lowest BCUT2D eigenvalue weighted by molar-refractivity contribution is 0.239. The Morgan fingerprint density at radius 2 is 2.14 bits per heavy atom. The molecule has 1 aliphatic rings. The molecule has 0 bridgehead atoms. The summed E-state index contributed by atoms with van der Waals surface area (Å²) in [6, 6.07) is 8.90. The third-order valence-electron chi connectivity index (χ3n) is 3.83. The van der Waals surface area contributed by atoms with Gasteiger partial charge in [0, 0.05) is 16.6 Å². The van der Waals surface area contributed by atoms with Gasteiger partial charge >= 0.3 is 0 Å². The van der Waals surface area contributed by atoms with E-state index in [1.54, 1.807) is 12.1 Å². The topological polar surface area (TPSA) is 55.0 Å². The van der Waals surface area contributed by atoms with Gasteiger partial charge in [0.15, 0.2) is 0 Å². The number of hydrogen-bond donors (Lipinski definition) is 1. The van der Waals surface area contributed by atoms with Gasteiger partial charge in [0.25, 0.3) is 0 Å². The molecular formula is C15H16BrFN4. The van der Waals surface area contributed by atoms with E-state index in [9.17, 15) is 4.39 Å². The summed E-state index contributed by atoms with van der Waals surface area (Å²) in [4.78, 5) is 2.24. The highest BCUT2D eigenvalue weighted by molar-refractivity contribution is 9.10. The number of benzene rings is 1. The van der Waals surface area contributed by atoms with E-state index in [1.807, 2.05) is 12.1 Å². The number of hydrogen-bond acceptors (Lipinski definition) is 4. The van der Waals surface area contributed by atoms with Crippen molar-refractivity contribution in [2.24, 2.45) is 0 Å². The molecule has 0 aliphatic carbocycles. The standard InChI is InChI=1S/C15H16BrFN4/c16-11-3-1-4-12(17)10(11)9-21-8-2-5-14(21)13-6-7-15(18)20-19-13/h1,3-4,6-7,14H,2,5,8-9H2,(H2,18,20). The van der Waals surface area contributed by atoms with Crippen LogP contribution in [0.4, 0.5) is 10.2 Å². The maximum Gasteiger partial charge on any atom is 0.146 e. The first kappa shape index (κ1) is 14.4. The molecule has 3 rings (SSSR count). The van der Waals surface area contributed by atoms with E-state index in [4.69, 9.17) is 5.73 Å². The fourth-order valence-electron chi connectivity index (χ4n) is 2.77. The fraction of sp³-hybridized carbons (Fsp3) is 0.333. The van der Waals surface area contributed by atoms with Gasteiger partial charge < -0.3 is 5.73 Å². The van der Waals surface area contributed by atoms with Crippen LogP contribution in [0.15, 0.2) is 34.8 Å². The number of halogens is 2. The van der Waals surface area contributed by atoms with Crippen LogP contribution in [0.1, 0.15) is 30.1 Å². The van der Waals surface area contributed by atoms with E-state index in [-0.39, 0.29) is 11.9 Å². The third kappa shape index (κ3) is 3.06. The molecular weight excluding hydrogens is 335 g/mol. The van der Waals surface area contributed by atoms with E-state index in [1.165, 1.54) is 6.07 Å². The monoisotopic (exact) mass is 350 g/mol. The molecule has 6 heteroatoms. The van der Waals surface area contributed by atoms with Crippen LogP contribution in [0, 0.1) is 5.82 Å². The average molecular weight is 351 g/mol. The highest BCUT2D eigenvalue weighted by atomic mass is 79.9. The predicted octanol–water partition coefficient (Wildman–Crippen LogP) is 3.30. The highest BCUT2D eigenvalue weighted by Gasteiger charge is 2.28.